The average molecular weight is 333 g/mol. The first-order valence-electron chi connectivity index (χ1n) is 7.89. The zero-order valence-corrected chi connectivity index (χ0v) is 14.2. The third kappa shape index (κ3) is 3.98. The fourth-order valence-electron chi connectivity index (χ4n) is 2.57. The van der Waals surface area contributed by atoms with Gasteiger partial charge in [-0.2, -0.15) is 0 Å². The molecule has 1 amide bonds. The molecule has 0 fully saturated rings. The van der Waals surface area contributed by atoms with Crippen LogP contribution in [-0.2, 0) is 4.79 Å². The third-order valence-electron chi connectivity index (χ3n) is 3.87. The molecular formula is C21H19NO3. The highest BCUT2D eigenvalue weighted by atomic mass is 16.5. The Labute approximate surface area is 146 Å². The normalized spacial score (nSPS) is 10.8. The molecule has 0 saturated heterocycles. The van der Waals surface area contributed by atoms with Gasteiger partial charge in [-0.25, -0.2) is 0 Å². The third-order valence-corrected chi connectivity index (χ3v) is 3.87. The van der Waals surface area contributed by atoms with E-state index in [-0.39, 0.29) is 5.91 Å². The lowest BCUT2D eigenvalue weighted by Gasteiger charge is -2.07. The number of fused-ring (bicyclic) bond motifs is 1. The van der Waals surface area contributed by atoms with Crippen LogP contribution in [0.1, 0.15) is 5.56 Å². The van der Waals surface area contributed by atoms with Crippen LogP contribution in [0.2, 0.25) is 0 Å². The molecule has 4 heteroatoms. The van der Waals surface area contributed by atoms with Crippen molar-refractivity contribution in [1.29, 1.82) is 0 Å². The van der Waals surface area contributed by atoms with Crippen LogP contribution in [-0.4, -0.2) is 20.1 Å². The summed E-state index contributed by atoms with van der Waals surface area (Å²) in [6.07, 6.45) is 3.20. The topological polar surface area (TPSA) is 47.6 Å². The van der Waals surface area contributed by atoms with E-state index in [1.54, 1.807) is 26.4 Å². The van der Waals surface area contributed by atoms with Gasteiger partial charge in [-0.15, -0.1) is 0 Å². The van der Waals surface area contributed by atoms with E-state index in [0.29, 0.717) is 11.5 Å². The second kappa shape index (κ2) is 7.53. The van der Waals surface area contributed by atoms with Crippen molar-refractivity contribution in [1.82, 2.24) is 0 Å². The van der Waals surface area contributed by atoms with Gasteiger partial charge in [0.05, 0.1) is 14.2 Å². The molecule has 0 aliphatic heterocycles. The van der Waals surface area contributed by atoms with Crippen LogP contribution in [0.4, 0.5) is 5.69 Å². The van der Waals surface area contributed by atoms with Gasteiger partial charge in [-0.1, -0.05) is 30.3 Å². The summed E-state index contributed by atoms with van der Waals surface area (Å²) in [5, 5.41) is 5.10. The Kier molecular flexibility index (Phi) is 5.00. The zero-order chi connectivity index (χ0) is 17.6. The van der Waals surface area contributed by atoms with E-state index in [4.69, 9.17) is 9.47 Å². The first-order chi connectivity index (χ1) is 12.2. The van der Waals surface area contributed by atoms with Crippen molar-refractivity contribution in [2.75, 3.05) is 19.5 Å². The molecule has 1 N–H and O–H groups in total. The smallest absolute Gasteiger partial charge is 0.248 e. The molecule has 3 aromatic carbocycles. The average Bonchev–Trinajstić information content (AvgIpc) is 2.66. The van der Waals surface area contributed by atoms with E-state index in [0.717, 1.165) is 22.0 Å². The number of carbonyl (C=O) groups is 1. The van der Waals surface area contributed by atoms with Crippen molar-refractivity contribution in [3.05, 3.63) is 72.3 Å². The number of anilines is 1. The molecule has 25 heavy (non-hydrogen) atoms. The molecule has 3 rings (SSSR count). The minimum absolute atomic E-state index is 0.201. The quantitative estimate of drug-likeness (QED) is 0.699. The molecule has 0 aliphatic rings. The van der Waals surface area contributed by atoms with Gasteiger partial charge in [0.2, 0.25) is 5.91 Å². The summed E-state index contributed by atoms with van der Waals surface area (Å²) in [5.74, 6) is 1.15. The monoisotopic (exact) mass is 333 g/mol. The van der Waals surface area contributed by atoms with Crippen LogP contribution in [0.25, 0.3) is 16.8 Å². The van der Waals surface area contributed by atoms with Crippen LogP contribution >= 0.6 is 0 Å². The summed E-state index contributed by atoms with van der Waals surface area (Å²) in [6.45, 7) is 0. The maximum absolute atomic E-state index is 12.2. The Morgan fingerprint density at radius 3 is 2.48 bits per heavy atom. The fourth-order valence-corrected chi connectivity index (χ4v) is 2.57. The standard InChI is InChI=1S/C21H19NO3/c1-24-19-11-8-16(20(14-19)25-2)9-12-21(23)22-18-10-7-15-5-3-4-6-17(15)13-18/h3-14H,1-2H3,(H,22,23). The van der Waals surface area contributed by atoms with Crippen molar-refractivity contribution in [2.24, 2.45) is 0 Å². The summed E-state index contributed by atoms with van der Waals surface area (Å²) >= 11 is 0. The second-order valence-corrected chi connectivity index (χ2v) is 5.49. The maximum atomic E-state index is 12.2. The van der Waals surface area contributed by atoms with Crippen LogP contribution in [0.3, 0.4) is 0 Å². The predicted molar refractivity (Wildman–Crippen MR) is 101 cm³/mol. The fraction of sp³-hybridized carbons (Fsp3) is 0.0952. The summed E-state index contributed by atoms with van der Waals surface area (Å²) < 4.78 is 10.5. The molecule has 0 atom stereocenters. The summed E-state index contributed by atoms with van der Waals surface area (Å²) in [5.41, 5.74) is 1.56. The van der Waals surface area contributed by atoms with E-state index in [9.17, 15) is 4.79 Å². The predicted octanol–water partition coefficient (Wildman–Crippen LogP) is 4.51. The molecule has 0 bridgehead atoms. The highest BCUT2D eigenvalue weighted by molar-refractivity contribution is 6.03. The molecule has 0 spiro atoms. The minimum Gasteiger partial charge on any atom is -0.497 e. The second-order valence-electron chi connectivity index (χ2n) is 5.49. The lowest BCUT2D eigenvalue weighted by molar-refractivity contribution is -0.111. The summed E-state index contributed by atoms with van der Waals surface area (Å²) in [7, 11) is 3.18. The van der Waals surface area contributed by atoms with Crippen molar-refractivity contribution in [2.45, 2.75) is 0 Å². The van der Waals surface area contributed by atoms with Crippen molar-refractivity contribution >= 4 is 28.4 Å². The Morgan fingerprint density at radius 2 is 1.72 bits per heavy atom. The molecule has 0 heterocycles. The molecular weight excluding hydrogens is 314 g/mol. The first-order valence-corrected chi connectivity index (χ1v) is 7.89. The Bertz CT molecular complexity index is 931. The maximum Gasteiger partial charge on any atom is 0.248 e. The SMILES string of the molecule is COc1ccc(C=CC(=O)Nc2ccc3ccccc3c2)c(OC)c1. The number of benzene rings is 3. The van der Waals surface area contributed by atoms with Crippen molar-refractivity contribution < 1.29 is 14.3 Å². The van der Waals surface area contributed by atoms with E-state index in [2.05, 4.69) is 5.32 Å². The van der Waals surface area contributed by atoms with Gasteiger partial charge >= 0.3 is 0 Å². The molecule has 0 aliphatic carbocycles. The van der Waals surface area contributed by atoms with Gasteiger partial charge in [-0.05, 0) is 41.1 Å². The number of nitrogens with one attached hydrogen (secondary N) is 1. The van der Waals surface area contributed by atoms with E-state index >= 15 is 0 Å². The van der Waals surface area contributed by atoms with Crippen LogP contribution in [0.15, 0.2) is 66.7 Å². The summed E-state index contributed by atoms with van der Waals surface area (Å²) in [4.78, 5) is 12.2. The Balaban J connectivity index is 1.74. The largest absolute Gasteiger partial charge is 0.497 e. The number of amides is 1. The first kappa shape index (κ1) is 16.6. The molecule has 3 aromatic rings. The van der Waals surface area contributed by atoms with Gasteiger partial charge in [0.1, 0.15) is 11.5 Å². The lowest BCUT2D eigenvalue weighted by Crippen LogP contribution is -2.07. The molecule has 0 aromatic heterocycles. The number of hydrogen-bond acceptors (Lipinski definition) is 3. The zero-order valence-electron chi connectivity index (χ0n) is 14.2. The molecule has 4 nitrogen and oxygen atoms in total. The van der Waals surface area contributed by atoms with E-state index < -0.39 is 0 Å². The van der Waals surface area contributed by atoms with Crippen molar-refractivity contribution in [3.63, 3.8) is 0 Å². The number of rotatable bonds is 5. The van der Waals surface area contributed by atoms with E-state index in [1.807, 2.05) is 54.6 Å². The van der Waals surface area contributed by atoms with Crippen molar-refractivity contribution in [3.8, 4) is 11.5 Å². The highest BCUT2D eigenvalue weighted by Crippen LogP contribution is 2.25. The molecule has 0 saturated carbocycles. The number of carbonyl (C=O) groups excluding carboxylic acids is 1. The minimum atomic E-state index is -0.201. The van der Waals surface area contributed by atoms with E-state index in [1.165, 1.54) is 6.08 Å². The van der Waals surface area contributed by atoms with Gasteiger partial charge in [0.25, 0.3) is 0 Å². The Morgan fingerprint density at radius 1 is 0.920 bits per heavy atom. The summed E-state index contributed by atoms with van der Waals surface area (Å²) in [6, 6.07) is 19.3. The van der Waals surface area contributed by atoms with Gasteiger partial charge in [0, 0.05) is 23.4 Å². The highest BCUT2D eigenvalue weighted by Gasteiger charge is 2.04. The van der Waals surface area contributed by atoms with Gasteiger partial charge in [0.15, 0.2) is 0 Å². The van der Waals surface area contributed by atoms with Crippen LogP contribution in [0.5, 0.6) is 11.5 Å². The molecule has 0 unspecified atom stereocenters. The van der Waals surface area contributed by atoms with Gasteiger partial charge in [-0.3, -0.25) is 4.79 Å². The van der Waals surface area contributed by atoms with Gasteiger partial charge < -0.3 is 14.8 Å². The van der Waals surface area contributed by atoms with Crippen LogP contribution in [0, 0.1) is 0 Å². The number of methoxy groups -OCH3 is 2. The molecule has 126 valence electrons. The Hall–Kier alpha value is -3.27. The lowest BCUT2D eigenvalue weighted by atomic mass is 10.1. The number of hydrogen-bond donors (Lipinski definition) is 1. The number of ether oxygens (including phenoxy) is 2. The molecule has 0 radical (unpaired) electrons. The van der Waals surface area contributed by atoms with Crippen LogP contribution < -0.4 is 14.8 Å².